The van der Waals surface area contributed by atoms with E-state index < -0.39 is 5.60 Å². The van der Waals surface area contributed by atoms with Gasteiger partial charge in [-0.05, 0) is 37.1 Å². The molecule has 0 spiro atoms. The summed E-state index contributed by atoms with van der Waals surface area (Å²) in [6, 6.07) is 15.6. The van der Waals surface area contributed by atoms with Crippen molar-refractivity contribution in [2.24, 2.45) is 4.99 Å². The number of benzene rings is 2. The molecule has 0 aliphatic carbocycles. The highest BCUT2D eigenvalue weighted by Crippen LogP contribution is 2.33. The number of nitrogens with zero attached hydrogens (tertiary/aromatic N) is 1. The normalized spacial score (nSPS) is 13.6. The van der Waals surface area contributed by atoms with E-state index in [9.17, 15) is 5.11 Å². The first kappa shape index (κ1) is 27.0. The Morgan fingerprint density at radius 1 is 0.935 bits per heavy atom. The molecular weight excluding hydrogens is 505 g/mol. The van der Waals surface area contributed by atoms with Crippen molar-refractivity contribution >= 4 is 29.9 Å². The summed E-state index contributed by atoms with van der Waals surface area (Å²) < 4.78 is 10.8. The van der Waals surface area contributed by atoms with E-state index in [-0.39, 0.29) is 29.4 Å². The number of aliphatic imine (C=N–C) groups is 1. The fourth-order valence-corrected chi connectivity index (χ4v) is 3.12. The number of guanidine groups is 1. The van der Waals surface area contributed by atoms with E-state index in [0.717, 1.165) is 17.7 Å². The molecule has 0 bridgehead atoms. The number of methoxy groups -OCH3 is 2. The zero-order valence-electron chi connectivity index (χ0n) is 19.4. The maximum Gasteiger partial charge on any atom is 0.191 e. The van der Waals surface area contributed by atoms with Gasteiger partial charge in [-0.2, -0.15) is 0 Å². The number of hydrogen-bond acceptors (Lipinski definition) is 4. The largest absolute Gasteiger partial charge is 0.493 e. The molecule has 2 aromatic carbocycles. The third-order valence-electron chi connectivity index (χ3n) is 5.14. The van der Waals surface area contributed by atoms with E-state index >= 15 is 0 Å². The third kappa shape index (κ3) is 7.57. The lowest BCUT2D eigenvalue weighted by molar-refractivity contribution is 0.0617. The summed E-state index contributed by atoms with van der Waals surface area (Å²) in [5, 5.41) is 17.4. The van der Waals surface area contributed by atoms with Gasteiger partial charge in [0, 0.05) is 12.0 Å². The molecule has 1 atom stereocenters. The van der Waals surface area contributed by atoms with Crippen LogP contribution in [-0.2, 0) is 11.0 Å². The monoisotopic (exact) mass is 541 g/mol. The number of rotatable bonds is 9. The summed E-state index contributed by atoms with van der Waals surface area (Å²) in [7, 11) is 3.27. The fourth-order valence-electron chi connectivity index (χ4n) is 3.12. The Hall–Kier alpha value is -2.00. The first-order valence-electron chi connectivity index (χ1n) is 10.3. The van der Waals surface area contributed by atoms with Crippen LogP contribution >= 0.6 is 24.0 Å². The zero-order valence-corrected chi connectivity index (χ0v) is 21.7. The van der Waals surface area contributed by atoms with Crippen LogP contribution < -0.4 is 20.1 Å². The van der Waals surface area contributed by atoms with E-state index in [0.29, 0.717) is 30.5 Å². The molecule has 7 heteroatoms. The number of halogens is 1. The molecule has 3 N–H and O–H groups in total. The van der Waals surface area contributed by atoms with Gasteiger partial charge in [-0.25, -0.2) is 0 Å². The number of hydrogen-bond donors (Lipinski definition) is 3. The second kappa shape index (κ2) is 12.1. The van der Waals surface area contributed by atoms with Crippen LogP contribution in [0.2, 0.25) is 0 Å². The predicted molar refractivity (Wildman–Crippen MR) is 138 cm³/mol. The second-order valence-electron chi connectivity index (χ2n) is 8.14. The van der Waals surface area contributed by atoms with Crippen LogP contribution in [0.3, 0.4) is 0 Å². The highest BCUT2D eigenvalue weighted by atomic mass is 127. The minimum Gasteiger partial charge on any atom is -0.493 e. The highest BCUT2D eigenvalue weighted by Gasteiger charge is 2.24. The van der Waals surface area contributed by atoms with Crippen molar-refractivity contribution in [1.82, 2.24) is 10.6 Å². The number of ether oxygens (including phenoxy) is 2. The molecule has 31 heavy (non-hydrogen) atoms. The van der Waals surface area contributed by atoms with Gasteiger partial charge in [0.05, 0.1) is 27.3 Å². The van der Waals surface area contributed by atoms with Crippen molar-refractivity contribution in [3.8, 4) is 11.5 Å². The Morgan fingerprint density at radius 2 is 1.58 bits per heavy atom. The maximum absolute atomic E-state index is 10.8. The van der Waals surface area contributed by atoms with Crippen LogP contribution in [0.25, 0.3) is 0 Å². The number of aliphatic hydroxyl groups is 1. The Kier molecular flexibility index (Phi) is 10.6. The lowest BCUT2D eigenvalue weighted by atomic mass is 9.84. The number of nitrogens with one attached hydrogen (secondary N) is 2. The Morgan fingerprint density at radius 3 is 2.16 bits per heavy atom. The van der Waals surface area contributed by atoms with Gasteiger partial charge in [-0.3, -0.25) is 4.99 Å². The van der Waals surface area contributed by atoms with Crippen LogP contribution in [0.15, 0.2) is 53.5 Å². The van der Waals surface area contributed by atoms with E-state index in [1.165, 1.54) is 0 Å². The first-order valence-corrected chi connectivity index (χ1v) is 10.3. The molecule has 0 saturated carbocycles. The fraction of sp³-hybridized carbons (Fsp3) is 0.458. The molecule has 0 fully saturated rings. The molecule has 0 aliphatic heterocycles. The molecule has 6 nitrogen and oxygen atoms in total. The molecule has 2 rings (SSSR count). The average Bonchev–Trinajstić information content (AvgIpc) is 2.75. The van der Waals surface area contributed by atoms with Gasteiger partial charge in [0.25, 0.3) is 0 Å². The molecule has 1 unspecified atom stereocenters. The molecule has 172 valence electrons. The SMILES string of the molecule is CCNC(=NCC(C)(C)c1ccc(OC)c(OC)c1)NCC(C)(O)c1ccccc1.I. The molecule has 0 aliphatic rings. The minimum absolute atomic E-state index is 0. The Labute approximate surface area is 203 Å². The van der Waals surface area contributed by atoms with Gasteiger partial charge < -0.3 is 25.2 Å². The van der Waals surface area contributed by atoms with E-state index in [1.54, 1.807) is 21.1 Å². The molecule has 0 amide bonds. The summed E-state index contributed by atoms with van der Waals surface area (Å²) in [6.45, 7) is 9.74. The zero-order chi connectivity index (χ0) is 22.2. The predicted octanol–water partition coefficient (Wildman–Crippen LogP) is 4.06. The summed E-state index contributed by atoms with van der Waals surface area (Å²) in [6.07, 6.45) is 0. The Balaban J connectivity index is 0.00000480. The van der Waals surface area contributed by atoms with Crippen LogP contribution in [0.1, 0.15) is 38.8 Å². The van der Waals surface area contributed by atoms with Gasteiger partial charge in [0.2, 0.25) is 0 Å². The van der Waals surface area contributed by atoms with Gasteiger partial charge in [0.1, 0.15) is 5.60 Å². The highest BCUT2D eigenvalue weighted by molar-refractivity contribution is 14.0. The lowest BCUT2D eigenvalue weighted by Crippen LogP contribution is -2.45. The van der Waals surface area contributed by atoms with Gasteiger partial charge in [-0.1, -0.05) is 50.2 Å². The molecule has 2 aromatic rings. The van der Waals surface area contributed by atoms with E-state index in [1.807, 2.05) is 55.5 Å². The lowest BCUT2D eigenvalue weighted by Gasteiger charge is -2.27. The topological polar surface area (TPSA) is 75.1 Å². The van der Waals surface area contributed by atoms with Crippen molar-refractivity contribution in [3.05, 3.63) is 59.7 Å². The standard InChI is InChI=1S/C24H35N3O3.HI/c1-7-25-22(27-17-24(4,28)18-11-9-8-10-12-18)26-16-23(2,3)19-13-14-20(29-5)21(15-19)30-6;/h8-15,28H,7,16-17H2,1-6H3,(H2,25,26,27);1H. The van der Waals surface area contributed by atoms with Gasteiger partial charge in [-0.15, -0.1) is 24.0 Å². The third-order valence-corrected chi connectivity index (χ3v) is 5.14. The van der Waals surface area contributed by atoms with Crippen molar-refractivity contribution in [2.45, 2.75) is 38.7 Å². The average molecular weight is 541 g/mol. The van der Waals surface area contributed by atoms with Gasteiger partial charge >= 0.3 is 0 Å². The van der Waals surface area contributed by atoms with E-state index in [4.69, 9.17) is 14.5 Å². The summed E-state index contributed by atoms with van der Waals surface area (Å²) >= 11 is 0. The summed E-state index contributed by atoms with van der Waals surface area (Å²) in [5.41, 5.74) is 0.746. The smallest absolute Gasteiger partial charge is 0.191 e. The van der Waals surface area contributed by atoms with Crippen LogP contribution in [0.4, 0.5) is 0 Å². The first-order chi connectivity index (χ1) is 14.2. The molecular formula is C24H36IN3O3. The molecule has 0 aromatic heterocycles. The second-order valence-corrected chi connectivity index (χ2v) is 8.14. The Bertz CT molecular complexity index is 839. The van der Waals surface area contributed by atoms with Crippen molar-refractivity contribution in [1.29, 1.82) is 0 Å². The molecule has 0 saturated heterocycles. The summed E-state index contributed by atoms with van der Waals surface area (Å²) in [4.78, 5) is 4.77. The van der Waals surface area contributed by atoms with Crippen molar-refractivity contribution in [2.75, 3.05) is 33.9 Å². The van der Waals surface area contributed by atoms with Crippen LogP contribution in [0, 0.1) is 0 Å². The minimum atomic E-state index is -1.00. The van der Waals surface area contributed by atoms with E-state index in [2.05, 4.69) is 24.5 Å². The van der Waals surface area contributed by atoms with Crippen molar-refractivity contribution < 1.29 is 14.6 Å². The van der Waals surface area contributed by atoms with Crippen LogP contribution in [0.5, 0.6) is 11.5 Å². The molecule has 0 heterocycles. The maximum atomic E-state index is 10.8. The van der Waals surface area contributed by atoms with Crippen LogP contribution in [-0.4, -0.2) is 44.9 Å². The van der Waals surface area contributed by atoms with Gasteiger partial charge in [0.15, 0.2) is 17.5 Å². The summed E-state index contributed by atoms with van der Waals surface area (Å²) in [5.74, 6) is 2.08. The molecule has 0 radical (unpaired) electrons. The van der Waals surface area contributed by atoms with Crippen molar-refractivity contribution in [3.63, 3.8) is 0 Å². The quantitative estimate of drug-likeness (QED) is 0.254.